The molecule has 1 unspecified atom stereocenters. The van der Waals surface area contributed by atoms with E-state index in [4.69, 9.17) is 4.74 Å². The van der Waals surface area contributed by atoms with Crippen LogP contribution in [0.15, 0.2) is 108 Å². The first-order valence-electron chi connectivity index (χ1n) is 14.2. The number of halogens is 1. The molecule has 0 bridgehead atoms. The first-order valence-corrected chi connectivity index (χ1v) is 15.7. The zero-order valence-corrected chi connectivity index (χ0v) is 25.8. The maximum Gasteiger partial charge on any atom is 0.264 e. The average Bonchev–Trinajstić information content (AvgIpc) is 3.02. The summed E-state index contributed by atoms with van der Waals surface area (Å²) in [5.74, 6) is -0.966. The van der Waals surface area contributed by atoms with Gasteiger partial charge in [-0.05, 0) is 73.5 Å². The summed E-state index contributed by atoms with van der Waals surface area (Å²) in [4.78, 5) is 29.2. The van der Waals surface area contributed by atoms with Crippen LogP contribution >= 0.6 is 0 Å². The second-order valence-electron chi connectivity index (χ2n) is 10.3. The van der Waals surface area contributed by atoms with Crippen LogP contribution in [0.1, 0.15) is 23.6 Å². The number of hydrogen-bond donors (Lipinski definition) is 1. The Labute approximate surface area is 258 Å². The van der Waals surface area contributed by atoms with E-state index in [9.17, 15) is 22.4 Å². The minimum atomic E-state index is -4.31. The molecule has 4 aromatic rings. The van der Waals surface area contributed by atoms with Crippen LogP contribution in [0.4, 0.5) is 10.1 Å². The molecule has 8 nitrogen and oxygen atoms in total. The van der Waals surface area contributed by atoms with Gasteiger partial charge in [0.05, 0.1) is 17.7 Å². The lowest BCUT2D eigenvalue weighted by atomic mass is 10.0. The number of carbonyl (C=O) groups excluding carboxylic acids is 2. The normalized spacial score (nSPS) is 11.8. The Morgan fingerprint density at radius 1 is 0.886 bits per heavy atom. The van der Waals surface area contributed by atoms with Crippen molar-refractivity contribution in [1.82, 2.24) is 10.2 Å². The summed E-state index contributed by atoms with van der Waals surface area (Å²) in [5, 5.41) is 2.84. The minimum absolute atomic E-state index is 0.0169. The zero-order chi connectivity index (χ0) is 31.7. The van der Waals surface area contributed by atoms with Crippen LogP contribution in [-0.2, 0) is 32.6 Å². The summed E-state index contributed by atoms with van der Waals surface area (Å²) in [6.45, 7) is 3.42. The van der Waals surface area contributed by atoms with Gasteiger partial charge >= 0.3 is 0 Å². The lowest BCUT2D eigenvalue weighted by molar-refractivity contribution is -0.140. The summed E-state index contributed by atoms with van der Waals surface area (Å²) in [7, 11) is -2.78. The fourth-order valence-corrected chi connectivity index (χ4v) is 6.20. The van der Waals surface area contributed by atoms with Crippen molar-refractivity contribution in [2.75, 3.05) is 24.5 Å². The van der Waals surface area contributed by atoms with Crippen molar-refractivity contribution in [3.63, 3.8) is 0 Å². The highest BCUT2D eigenvalue weighted by Gasteiger charge is 2.34. The van der Waals surface area contributed by atoms with E-state index in [1.165, 1.54) is 12.0 Å². The highest BCUT2D eigenvalue weighted by Crippen LogP contribution is 2.26. The molecule has 0 radical (unpaired) electrons. The van der Waals surface area contributed by atoms with Gasteiger partial charge in [0.25, 0.3) is 10.0 Å². The predicted octanol–water partition coefficient (Wildman–Crippen LogP) is 5.11. The van der Waals surface area contributed by atoms with E-state index in [1.807, 2.05) is 43.3 Å². The third kappa shape index (κ3) is 8.02. The first kappa shape index (κ1) is 32.2. The van der Waals surface area contributed by atoms with E-state index < -0.39 is 34.3 Å². The van der Waals surface area contributed by atoms with Crippen molar-refractivity contribution < 1.29 is 27.1 Å². The maximum atomic E-state index is 14.4. The third-order valence-electron chi connectivity index (χ3n) is 7.11. The Kier molecular flexibility index (Phi) is 10.7. The monoisotopic (exact) mass is 617 g/mol. The number of rotatable bonds is 13. The molecule has 0 saturated carbocycles. The Morgan fingerprint density at radius 2 is 1.55 bits per heavy atom. The van der Waals surface area contributed by atoms with E-state index >= 15 is 0 Å². The third-order valence-corrected chi connectivity index (χ3v) is 8.90. The summed E-state index contributed by atoms with van der Waals surface area (Å²) in [6, 6.07) is 26.7. The van der Waals surface area contributed by atoms with Crippen LogP contribution in [0.2, 0.25) is 0 Å². The number of ether oxygens (including phenoxy) is 1. The molecule has 10 heteroatoms. The highest BCUT2D eigenvalue weighted by atomic mass is 32.2. The first-order chi connectivity index (χ1) is 21.1. The summed E-state index contributed by atoms with van der Waals surface area (Å²) in [5.41, 5.74) is 2.69. The van der Waals surface area contributed by atoms with Gasteiger partial charge in [0.1, 0.15) is 24.2 Å². The second kappa shape index (κ2) is 14.7. The van der Waals surface area contributed by atoms with Gasteiger partial charge in [-0.3, -0.25) is 13.9 Å². The number of carbonyl (C=O) groups is 2. The van der Waals surface area contributed by atoms with Crippen molar-refractivity contribution >= 4 is 27.5 Å². The molecular weight excluding hydrogens is 581 g/mol. The van der Waals surface area contributed by atoms with Gasteiger partial charge in [0.15, 0.2) is 0 Å². The number of nitrogens with one attached hydrogen (secondary N) is 1. The van der Waals surface area contributed by atoms with Crippen LogP contribution < -0.4 is 14.4 Å². The fourth-order valence-electron chi connectivity index (χ4n) is 4.79. The maximum absolute atomic E-state index is 14.4. The lowest BCUT2D eigenvalue weighted by Crippen LogP contribution is -2.53. The molecular formula is C34H36FN3O5S. The van der Waals surface area contributed by atoms with Crippen molar-refractivity contribution in [2.24, 2.45) is 0 Å². The molecule has 0 aliphatic carbocycles. The van der Waals surface area contributed by atoms with Crippen molar-refractivity contribution in [1.29, 1.82) is 0 Å². The van der Waals surface area contributed by atoms with Crippen LogP contribution in [-0.4, -0.2) is 51.4 Å². The van der Waals surface area contributed by atoms with Gasteiger partial charge in [-0.15, -0.1) is 0 Å². The van der Waals surface area contributed by atoms with Gasteiger partial charge < -0.3 is 15.0 Å². The van der Waals surface area contributed by atoms with E-state index in [-0.39, 0.29) is 29.5 Å². The number of likely N-dealkylation sites (N-methyl/N-ethyl adjacent to an activating group) is 1. The number of methoxy groups -OCH3 is 1. The number of nitrogens with zero attached hydrogens (tertiary/aromatic N) is 2. The standard InChI is InChI=1S/C34H36FN3O5S/c1-4-36-34(40)32(22-26-9-6-5-7-10-26)37(23-27-11-8-12-30(21-27)43-3)33(39)24-38(29-17-13-25(2)14-18-29)44(41,42)31-19-15-28(35)16-20-31/h5-21,32H,4,22-24H2,1-3H3,(H,36,40). The topological polar surface area (TPSA) is 96.0 Å². The molecule has 0 fully saturated rings. The van der Waals surface area contributed by atoms with Gasteiger partial charge in [-0.25, -0.2) is 12.8 Å². The zero-order valence-electron chi connectivity index (χ0n) is 24.9. The molecule has 0 aromatic heterocycles. The van der Waals surface area contributed by atoms with E-state index in [1.54, 1.807) is 49.4 Å². The molecule has 4 aromatic carbocycles. The molecule has 0 heterocycles. The average molecular weight is 618 g/mol. The van der Waals surface area contributed by atoms with Gasteiger partial charge in [0, 0.05) is 19.5 Å². The summed E-state index contributed by atoms with van der Waals surface area (Å²) < 4.78 is 48.0. The van der Waals surface area contributed by atoms with Crippen LogP contribution in [0.5, 0.6) is 5.75 Å². The summed E-state index contributed by atoms with van der Waals surface area (Å²) >= 11 is 0. The summed E-state index contributed by atoms with van der Waals surface area (Å²) in [6.07, 6.45) is 0.206. The molecule has 0 saturated heterocycles. The van der Waals surface area contributed by atoms with Gasteiger partial charge in [-0.1, -0.05) is 60.2 Å². The number of amides is 2. The van der Waals surface area contributed by atoms with Crippen LogP contribution in [0, 0.1) is 12.7 Å². The molecule has 0 aliphatic heterocycles. The Morgan fingerprint density at radius 3 is 2.18 bits per heavy atom. The minimum Gasteiger partial charge on any atom is -0.497 e. The number of sulfonamides is 1. The van der Waals surface area contributed by atoms with Crippen LogP contribution in [0.25, 0.3) is 0 Å². The Bertz CT molecular complexity index is 1660. The largest absolute Gasteiger partial charge is 0.497 e. The molecule has 1 N–H and O–H groups in total. The number of anilines is 1. The second-order valence-corrected chi connectivity index (χ2v) is 12.1. The number of benzene rings is 4. The molecule has 4 rings (SSSR count). The molecule has 0 aliphatic rings. The predicted molar refractivity (Wildman–Crippen MR) is 168 cm³/mol. The van der Waals surface area contributed by atoms with Crippen molar-refractivity contribution in [3.05, 3.63) is 126 Å². The number of aryl methyl sites for hydroxylation is 1. The van der Waals surface area contributed by atoms with Gasteiger partial charge in [-0.2, -0.15) is 0 Å². The SMILES string of the molecule is CCNC(=O)C(Cc1ccccc1)N(Cc1cccc(OC)c1)C(=O)CN(c1ccc(C)cc1)S(=O)(=O)c1ccc(F)cc1. The Balaban J connectivity index is 1.80. The van der Waals surface area contributed by atoms with E-state index in [0.29, 0.717) is 17.9 Å². The van der Waals surface area contributed by atoms with E-state index in [0.717, 1.165) is 39.7 Å². The molecule has 230 valence electrons. The quantitative estimate of drug-likeness (QED) is 0.225. The van der Waals surface area contributed by atoms with E-state index in [2.05, 4.69) is 5.32 Å². The smallest absolute Gasteiger partial charge is 0.264 e. The molecule has 1 atom stereocenters. The lowest BCUT2D eigenvalue weighted by Gasteiger charge is -2.34. The van der Waals surface area contributed by atoms with Crippen LogP contribution in [0.3, 0.4) is 0 Å². The molecule has 0 spiro atoms. The van der Waals surface area contributed by atoms with Gasteiger partial charge in [0.2, 0.25) is 11.8 Å². The Hall–Kier alpha value is -4.70. The van der Waals surface area contributed by atoms with Crippen molar-refractivity contribution in [2.45, 2.75) is 37.8 Å². The fraction of sp³-hybridized carbons (Fsp3) is 0.235. The molecule has 2 amide bonds. The number of hydrogen-bond acceptors (Lipinski definition) is 5. The van der Waals surface area contributed by atoms with Crippen molar-refractivity contribution in [3.8, 4) is 5.75 Å². The molecule has 44 heavy (non-hydrogen) atoms. The highest BCUT2D eigenvalue weighted by molar-refractivity contribution is 7.92.